The topological polar surface area (TPSA) is 33.1 Å². The number of nitrogens with one attached hydrogen (secondary N) is 1. The molecule has 0 radical (unpaired) electrons. The highest BCUT2D eigenvalue weighted by atomic mass is 15.2. The second-order valence-electron chi connectivity index (χ2n) is 4.23. The molecular weight excluding hydrogens is 188 g/mol. The van der Waals surface area contributed by atoms with E-state index in [-0.39, 0.29) is 0 Å². The summed E-state index contributed by atoms with van der Waals surface area (Å²) in [6.45, 7) is 9.75. The minimum atomic E-state index is 0.566. The van der Waals surface area contributed by atoms with E-state index in [1.54, 1.807) is 0 Å². The summed E-state index contributed by atoms with van der Waals surface area (Å²) in [4.78, 5) is 6.83. The average molecular weight is 208 g/mol. The fraction of sp³-hybridized carbons (Fsp3) is 0.727. The van der Waals surface area contributed by atoms with Crippen LogP contribution in [0, 0.1) is 0 Å². The zero-order valence-corrected chi connectivity index (χ0v) is 9.61. The second kappa shape index (κ2) is 4.77. The van der Waals surface area contributed by atoms with Gasteiger partial charge in [-0.1, -0.05) is 6.92 Å². The monoisotopic (exact) mass is 208 g/mol. The highest BCUT2D eigenvalue weighted by molar-refractivity contribution is 4.95. The third-order valence-corrected chi connectivity index (χ3v) is 2.91. The predicted molar refractivity (Wildman–Crippen MR) is 60.6 cm³/mol. The molecule has 0 aliphatic carbocycles. The Morgan fingerprint density at radius 1 is 1.53 bits per heavy atom. The molecule has 1 unspecified atom stereocenters. The predicted octanol–water partition coefficient (Wildman–Crippen LogP) is 0.697. The number of hydrogen-bond acceptors (Lipinski definition) is 3. The fourth-order valence-corrected chi connectivity index (χ4v) is 2.18. The van der Waals surface area contributed by atoms with Crippen molar-refractivity contribution in [3.8, 4) is 0 Å². The average Bonchev–Trinajstić information content (AvgIpc) is 2.65. The maximum atomic E-state index is 4.36. The van der Waals surface area contributed by atoms with Gasteiger partial charge in [0.2, 0.25) is 0 Å². The van der Waals surface area contributed by atoms with Crippen LogP contribution < -0.4 is 5.32 Å². The van der Waals surface area contributed by atoms with Gasteiger partial charge in [0, 0.05) is 38.1 Å². The Morgan fingerprint density at radius 2 is 2.40 bits per heavy atom. The lowest BCUT2D eigenvalue weighted by Crippen LogP contribution is -2.42. The van der Waals surface area contributed by atoms with Crippen LogP contribution in [-0.2, 0) is 13.1 Å². The molecule has 1 N–H and O–H groups in total. The van der Waals surface area contributed by atoms with Crippen LogP contribution in [0.25, 0.3) is 0 Å². The maximum absolute atomic E-state index is 4.36. The molecule has 0 fully saturated rings. The van der Waals surface area contributed by atoms with E-state index in [4.69, 9.17) is 0 Å². The van der Waals surface area contributed by atoms with Crippen molar-refractivity contribution in [2.24, 2.45) is 0 Å². The SMILES string of the molecule is CCNC(C)CN1CCn2ccnc2C1. The molecule has 2 rings (SSSR count). The molecule has 0 saturated carbocycles. The van der Waals surface area contributed by atoms with Crippen LogP contribution in [0.3, 0.4) is 0 Å². The number of fused-ring (bicyclic) bond motifs is 1. The number of aromatic nitrogens is 2. The Bertz CT molecular complexity index is 307. The van der Waals surface area contributed by atoms with Crippen LogP contribution in [0.4, 0.5) is 0 Å². The van der Waals surface area contributed by atoms with Crippen molar-refractivity contribution in [2.45, 2.75) is 33.0 Å². The van der Waals surface area contributed by atoms with Gasteiger partial charge in [-0.25, -0.2) is 4.98 Å². The standard InChI is InChI=1S/C11H20N4/c1-3-12-10(2)8-14-6-7-15-5-4-13-11(15)9-14/h4-5,10,12H,3,6-9H2,1-2H3. The van der Waals surface area contributed by atoms with Crippen molar-refractivity contribution in [1.29, 1.82) is 0 Å². The lowest BCUT2D eigenvalue weighted by Gasteiger charge is -2.29. The van der Waals surface area contributed by atoms with Crippen LogP contribution in [0.1, 0.15) is 19.7 Å². The first-order chi connectivity index (χ1) is 7.29. The summed E-state index contributed by atoms with van der Waals surface area (Å²) in [5, 5.41) is 3.44. The van der Waals surface area contributed by atoms with Crippen molar-refractivity contribution < 1.29 is 0 Å². The second-order valence-corrected chi connectivity index (χ2v) is 4.23. The largest absolute Gasteiger partial charge is 0.333 e. The summed E-state index contributed by atoms with van der Waals surface area (Å²) in [6, 6.07) is 0.566. The lowest BCUT2D eigenvalue weighted by molar-refractivity contribution is 0.199. The van der Waals surface area contributed by atoms with E-state index in [1.165, 1.54) is 5.82 Å². The normalized spacial score (nSPS) is 18.8. The lowest BCUT2D eigenvalue weighted by atomic mass is 10.2. The van der Waals surface area contributed by atoms with Gasteiger partial charge in [-0.05, 0) is 13.5 Å². The van der Waals surface area contributed by atoms with Crippen LogP contribution in [0.2, 0.25) is 0 Å². The van der Waals surface area contributed by atoms with E-state index in [2.05, 4.69) is 39.8 Å². The van der Waals surface area contributed by atoms with Crippen molar-refractivity contribution in [2.75, 3.05) is 19.6 Å². The fourth-order valence-electron chi connectivity index (χ4n) is 2.18. The van der Waals surface area contributed by atoms with Gasteiger partial charge in [0.05, 0.1) is 6.54 Å². The molecule has 2 heterocycles. The molecule has 4 nitrogen and oxygen atoms in total. The molecule has 0 amide bonds. The van der Waals surface area contributed by atoms with E-state index >= 15 is 0 Å². The van der Waals surface area contributed by atoms with Gasteiger partial charge in [0.25, 0.3) is 0 Å². The Morgan fingerprint density at radius 3 is 3.20 bits per heavy atom. The molecule has 4 heteroatoms. The van der Waals surface area contributed by atoms with Gasteiger partial charge in [-0.3, -0.25) is 4.90 Å². The van der Waals surface area contributed by atoms with E-state index in [0.717, 1.165) is 32.7 Å². The third kappa shape index (κ3) is 2.58. The molecule has 0 spiro atoms. The molecule has 1 aliphatic rings. The van der Waals surface area contributed by atoms with Gasteiger partial charge in [0.1, 0.15) is 5.82 Å². The molecule has 1 aromatic heterocycles. The molecule has 1 atom stereocenters. The van der Waals surface area contributed by atoms with E-state index < -0.39 is 0 Å². The zero-order chi connectivity index (χ0) is 10.7. The first kappa shape index (κ1) is 10.6. The summed E-state index contributed by atoms with van der Waals surface area (Å²) in [6.07, 6.45) is 3.97. The highest BCUT2D eigenvalue weighted by Crippen LogP contribution is 2.10. The highest BCUT2D eigenvalue weighted by Gasteiger charge is 2.17. The number of hydrogen-bond donors (Lipinski definition) is 1. The first-order valence-electron chi connectivity index (χ1n) is 5.75. The molecule has 1 aliphatic heterocycles. The molecule has 0 bridgehead atoms. The van der Waals surface area contributed by atoms with Crippen molar-refractivity contribution in [1.82, 2.24) is 19.8 Å². The Balaban J connectivity index is 1.87. The number of rotatable bonds is 4. The van der Waals surface area contributed by atoms with Gasteiger partial charge >= 0.3 is 0 Å². The molecule has 1 aromatic rings. The van der Waals surface area contributed by atoms with Crippen LogP contribution in [-0.4, -0.2) is 40.1 Å². The number of nitrogens with zero attached hydrogens (tertiary/aromatic N) is 3. The van der Waals surface area contributed by atoms with E-state index in [0.29, 0.717) is 6.04 Å². The summed E-state index contributed by atoms with van der Waals surface area (Å²) < 4.78 is 2.24. The number of imidazole rings is 1. The molecule has 15 heavy (non-hydrogen) atoms. The quantitative estimate of drug-likeness (QED) is 0.790. The summed E-state index contributed by atoms with van der Waals surface area (Å²) in [5.74, 6) is 1.20. The van der Waals surface area contributed by atoms with Crippen molar-refractivity contribution in [3.63, 3.8) is 0 Å². The van der Waals surface area contributed by atoms with Crippen molar-refractivity contribution in [3.05, 3.63) is 18.2 Å². The number of likely N-dealkylation sites (N-methyl/N-ethyl adjacent to an activating group) is 1. The molecule has 0 aromatic carbocycles. The van der Waals surface area contributed by atoms with Gasteiger partial charge in [0.15, 0.2) is 0 Å². The van der Waals surface area contributed by atoms with Gasteiger partial charge < -0.3 is 9.88 Å². The maximum Gasteiger partial charge on any atom is 0.122 e. The minimum Gasteiger partial charge on any atom is -0.333 e. The summed E-state index contributed by atoms with van der Waals surface area (Å²) in [7, 11) is 0. The summed E-state index contributed by atoms with van der Waals surface area (Å²) in [5.41, 5.74) is 0. The Labute approximate surface area is 91.3 Å². The van der Waals surface area contributed by atoms with Gasteiger partial charge in [-0.15, -0.1) is 0 Å². The van der Waals surface area contributed by atoms with E-state index in [9.17, 15) is 0 Å². The molecule has 0 saturated heterocycles. The van der Waals surface area contributed by atoms with Crippen LogP contribution in [0.15, 0.2) is 12.4 Å². The molecular formula is C11H20N4. The molecule has 84 valence electrons. The first-order valence-corrected chi connectivity index (χ1v) is 5.75. The van der Waals surface area contributed by atoms with Crippen LogP contribution >= 0.6 is 0 Å². The minimum absolute atomic E-state index is 0.566. The van der Waals surface area contributed by atoms with Crippen LogP contribution in [0.5, 0.6) is 0 Å². The Kier molecular flexibility index (Phi) is 3.38. The summed E-state index contributed by atoms with van der Waals surface area (Å²) >= 11 is 0. The third-order valence-electron chi connectivity index (χ3n) is 2.91. The van der Waals surface area contributed by atoms with E-state index in [1.807, 2.05) is 6.20 Å². The van der Waals surface area contributed by atoms with Gasteiger partial charge in [-0.2, -0.15) is 0 Å². The van der Waals surface area contributed by atoms with Crippen molar-refractivity contribution >= 4 is 0 Å². The zero-order valence-electron chi connectivity index (χ0n) is 9.61. The Hall–Kier alpha value is -0.870. The smallest absolute Gasteiger partial charge is 0.122 e.